The molecule has 0 aromatic heterocycles. The maximum Gasteiger partial charge on any atom is 0.0367 e. The van der Waals surface area contributed by atoms with Gasteiger partial charge in [0.15, 0.2) is 0 Å². The molecular formula is C15H24N2S. The van der Waals surface area contributed by atoms with E-state index in [4.69, 9.17) is 0 Å². The summed E-state index contributed by atoms with van der Waals surface area (Å²) in [5, 5.41) is 3.20. The normalized spacial score (nSPS) is 14.3. The molecule has 18 heavy (non-hydrogen) atoms. The topological polar surface area (TPSA) is 15.3 Å². The van der Waals surface area contributed by atoms with Gasteiger partial charge in [0.05, 0.1) is 0 Å². The van der Waals surface area contributed by atoms with E-state index in [2.05, 4.69) is 35.5 Å². The lowest BCUT2D eigenvalue weighted by atomic mass is 10.1. The predicted octanol–water partition coefficient (Wildman–Crippen LogP) is 3.16. The molecule has 1 heterocycles. The van der Waals surface area contributed by atoms with E-state index in [-0.39, 0.29) is 0 Å². The minimum absolute atomic E-state index is 1.12. The summed E-state index contributed by atoms with van der Waals surface area (Å²) >= 11 is 2.01. The van der Waals surface area contributed by atoms with Gasteiger partial charge in [0, 0.05) is 24.2 Å². The van der Waals surface area contributed by atoms with Crippen molar-refractivity contribution in [2.45, 2.75) is 30.6 Å². The standard InChI is InChI=1S/C15H24N2S/c1-16-9-3-4-10-17(2)14-7-8-15-13(12-14)6-5-11-18-15/h7-8,12,16H,3-6,9-11H2,1-2H3. The smallest absolute Gasteiger partial charge is 0.0367 e. The number of unbranched alkanes of at least 4 members (excludes halogenated alkanes) is 1. The molecule has 0 aliphatic carbocycles. The third kappa shape index (κ3) is 3.66. The quantitative estimate of drug-likeness (QED) is 0.795. The summed E-state index contributed by atoms with van der Waals surface area (Å²) in [7, 11) is 4.22. The van der Waals surface area contributed by atoms with Gasteiger partial charge in [-0.05, 0) is 68.8 Å². The molecule has 1 aromatic rings. The van der Waals surface area contributed by atoms with Crippen molar-refractivity contribution in [1.29, 1.82) is 0 Å². The zero-order valence-electron chi connectivity index (χ0n) is 11.5. The molecule has 0 radical (unpaired) electrons. The van der Waals surface area contributed by atoms with Gasteiger partial charge in [0.1, 0.15) is 0 Å². The second kappa shape index (κ2) is 7.05. The van der Waals surface area contributed by atoms with Crippen molar-refractivity contribution in [1.82, 2.24) is 5.32 Å². The second-order valence-corrected chi connectivity index (χ2v) is 6.11. The Balaban J connectivity index is 1.91. The number of rotatable bonds is 6. The fourth-order valence-corrected chi connectivity index (χ4v) is 3.38. The number of thioether (sulfide) groups is 1. The van der Waals surface area contributed by atoms with Crippen LogP contribution < -0.4 is 10.2 Å². The zero-order valence-corrected chi connectivity index (χ0v) is 12.4. The van der Waals surface area contributed by atoms with Crippen LogP contribution in [0.5, 0.6) is 0 Å². The predicted molar refractivity (Wildman–Crippen MR) is 81.9 cm³/mol. The zero-order chi connectivity index (χ0) is 12.8. The Hall–Kier alpha value is -0.670. The van der Waals surface area contributed by atoms with E-state index < -0.39 is 0 Å². The highest BCUT2D eigenvalue weighted by Crippen LogP contribution is 2.32. The Morgan fingerprint density at radius 1 is 1.33 bits per heavy atom. The summed E-state index contributed by atoms with van der Waals surface area (Å²) in [4.78, 5) is 3.88. The molecule has 0 fully saturated rings. The van der Waals surface area contributed by atoms with Crippen molar-refractivity contribution in [3.63, 3.8) is 0 Å². The van der Waals surface area contributed by atoms with Crippen LogP contribution in [-0.2, 0) is 6.42 Å². The first-order valence-corrected chi connectivity index (χ1v) is 7.91. The van der Waals surface area contributed by atoms with Gasteiger partial charge in [-0.1, -0.05) is 0 Å². The van der Waals surface area contributed by atoms with E-state index in [9.17, 15) is 0 Å². The van der Waals surface area contributed by atoms with Crippen LogP contribution >= 0.6 is 11.8 Å². The molecule has 0 atom stereocenters. The number of nitrogens with zero attached hydrogens (tertiary/aromatic N) is 1. The van der Waals surface area contributed by atoms with Gasteiger partial charge in [0.25, 0.3) is 0 Å². The van der Waals surface area contributed by atoms with E-state index in [1.807, 2.05) is 18.8 Å². The van der Waals surface area contributed by atoms with Crippen LogP contribution in [0.25, 0.3) is 0 Å². The first kappa shape index (κ1) is 13.8. The van der Waals surface area contributed by atoms with Gasteiger partial charge >= 0.3 is 0 Å². The van der Waals surface area contributed by atoms with Crippen LogP contribution in [0.3, 0.4) is 0 Å². The van der Waals surface area contributed by atoms with Crippen molar-refractivity contribution in [2.24, 2.45) is 0 Å². The molecule has 3 heteroatoms. The third-order valence-electron chi connectivity index (χ3n) is 3.50. The molecule has 1 N–H and O–H groups in total. The number of benzene rings is 1. The van der Waals surface area contributed by atoms with E-state index in [1.165, 1.54) is 42.0 Å². The van der Waals surface area contributed by atoms with Crippen LogP contribution in [0, 0.1) is 0 Å². The number of hydrogen-bond acceptors (Lipinski definition) is 3. The fourth-order valence-electron chi connectivity index (χ4n) is 2.36. The summed E-state index contributed by atoms with van der Waals surface area (Å²) in [6.45, 7) is 2.27. The summed E-state index contributed by atoms with van der Waals surface area (Å²) in [5.41, 5.74) is 2.92. The molecular weight excluding hydrogens is 240 g/mol. The highest BCUT2D eigenvalue weighted by atomic mass is 32.2. The highest BCUT2D eigenvalue weighted by molar-refractivity contribution is 7.99. The van der Waals surface area contributed by atoms with Crippen molar-refractivity contribution in [3.05, 3.63) is 23.8 Å². The lowest BCUT2D eigenvalue weighted by molar-refractivity contribution is 0.671. The molecule has 100 valence electrons. The molecule has 1 aliphatic heterocycles. The largest absolute Gasteiger partial charge is 0.375 e. The lowest BCUT2D eigenvalue weighted by Crippen LogP contribution is -2.20. The third-order valence-corrected chi connectivity index (χ3v) is 4.71. The van der Waals surface area contributed by atoms with Crippen molar-refractivity contribution in [2.75, 3.05) is 37.8 Å². The van der Waals surface area contributed by atoms with Crippen LogP contribution in [0.2, 0.25) is 0 Å². The highest BCUT2D eigenvalue weighted by Gasteiger charge is 2.11. The van der Waals surface area contributed by atoms with E-state index in [1.54, 1.807) is 5.56 Å². The summed E-state index contributed by atoms with van der Waals surface area (Å²) in [5.74, 6) is 1.28. The van der Waals surface area contributed by atoms with Gasteiger partial charge in [-0.3, -0.25) is 0 Å². The van der Waals surface area contributed by atoms with Crippen LogP contribution in [0.15, 0.2) is 23.1 Å². The van der Waals surface area contributed by atoms with Gasteiger partial charge in [0.2, 0.25) is 0 Å². The van der Waals surface area contributed by atoms with E-state index >= 15 is 0 Å². The monoisotopic (exact) mass is 264 g/mol. The average molecular weight is 264 g/mol. The summed E-state index contributed by atoms with van der Waals surface area (Å²) in [6.07, 6.45) is 5.08. The average Bonchev–Trinajstić information content (AvgIpc) is 2.43. The van der Waals surface area contributed by atoms with Crippen molar-refractivity contribution >= 4 is 17.4 Å². The number of aryl methyl sites for hydroxylation is 1. The molecule has 2 nitrogen and oxygen atoms in total. The Morgan fingerprint density at radius 2 is 2.22 bits per heavy atom. The minimum Gasteiger partial charge on any atom is -0.375 e. The van der Waals surface area contributed by atoms with Gasteiger partial charge in [-0.15, -0.1) is 11.8 Å². The molecule has 0 amide bonds. The van der Waals surface area contributed by atoms with Crippen LogP contribution in [-0.4, -0.2) is 32.9 Å². The Morgan fingerprint density at radius 3 is 3.06 bits per heavy atom. The van der Waals surface area contributed by atoms with Gasteiger partial charge < -0.3 is 10.2 Å². The molecule has 0 saturated carbocycles. The Bertz CT molecular complexity index is 379. The number of nitrogens with one attached hydrogen (secondary N) is 1. The first-order valence-electron chi connectivity index (χ1n) is 6.92. The molecule has 0 bridgehead atoms. The van der Waals surface area contributed by atoms with Gasteiger partial charge in [-0.2, -0.15) is 0 Å². The van der Waals surface area contributed by atoms with Crippen molar-refractivity contribution in [3.8, 4) is 0 Å². The maximum atomic E-state index is 3.20. The van der Waals surface area contributed by atoms with E-state index in [0.29, 0.717) is 0 Å². The van der Waals surface area contributed by atoms with E-state index in [0.717, 1.165) is 13.1 Å². The Labute approximate surface area is 115 Å². The second-order valence-electron chi connectivity index (χ2n) is 4.98. The Kier molecular flexibility index (Phi) is 5.39. The molecule has 2 rings (SSSR count). The lowest BCUT2D eigenvalue weighted by Gasteiger charge is -2.22. The first-order chi connectivity index (χ1) is 8.81. The maximum absolute atomic E-state index is 3.20. The molecule has 0 saturated heterocycles. The van der Waals surface area contributed by atoms with Crippen molar-refractivity contribution < 1.29 is 0 Å². The van der Waals surface area contributed by atoms with Gasteiger partial charge in [-0.25, -0.2) is 0 Å². The van der Waals surface area contributed by atoms with Crippen LogP contribution in [0.1, 0.15) is 24.8 Å². The fraction of sp³-hybridized carbons (Fsp3) is 0.600. The molecule has 1 aromatic carbocycles. The summed E-state index contributed by atoms with van der Waals surface area (Å²) in [6, 6.07) is 6.97. The number of hydrogen-bond donors (Lipinski definition) is 1. The molecule has 1 aliphatic rings. The minimum atomic E-state index is 1.12. The molecule has 0 unspecified atom stereocenters. The van der Waals surface area contributed by atoms with Crippen LogP contribution in [0.4, 0.5) is 5.69 Å². The number of anilines is 1. The number of fused-ring (bicyclic) bond motifs is 1. The SMILES string of the molecule is CNCCCCN(C)c1ccc2c(c1)CCCS2. The molecule has 0 spiro atoms. The summed E-state index contributed by atoms with van der Waals surface area (Å²) < 4.78 is 0.